The van der Waals surface area contributed by atoms with Gasteiger partial charge in [0.1, 0.15) is 11.5 Å². The van der Waals surface area contributed by atoms with E-state index in [1.807, 2.05) is 6.07 Å². The van der Waals surface area contributed by atoms with E-state index in [0.29, 0.717) is 30.2 Å². The summed E-state index contributed by atoms with van der Waals surface area (Å²) >= 11 is 0. The molecule has 18 heavy (non-hydrogen) atoms. The number of aliphatic hydroxyl groups is 1. The topological polar surface area (TPSA) is 59.0 Å². The van der Waals surface area contributed by atoms with Gasteiger partial charge in [0.15, 0.2) is 0 Å². The quantitative estimate of drug-likeness (QED) is 0.855. The summed E-state index contributed by atoms with van der Waals surface area (Å²) in [6, 6.07) is 3.57. The highest BCUT2D eigenvalue weighted by molar-refractivity contribution is 5.99. The Hall–Kier alpha value is -1.75. The van der Waals surface area contributed by atoms with Gasteiger partial charge in [-0.1, -0.05) is 0 Å². The lowest BCUT2D eigenvalue weighted by molar-refractivity contribution is 0.0701. The molecular weight excluding hydrogens is 234 g/mol. The third kappa shape index (κ3) is 2.13. The van der Waals surface area contributed by atoms with Crippen molar-refractivity contribution in [1.82, 2.24) is 4.90 Å². The molecule has 0 aromatic heterocycles. The Morgan fingerprint density at radius 2 is 2.11 bits per heavy atom. The maximum atomic E-state index is 12.3. The number of benzene rings is 1. The van der Waals surface area contributed by atoms with Crippen molar-refractivity contribution in [2.45, 2.75) is 6.42 Å². The molecule has 5 heteroatoms. The number of hydrogen-bond acceptors (Lipinski definition) is 4. The molecule has 1 heterocycles. The molecule has 1 aliphatic heterocycles. The Labute approximate surface area is 106 Å². The first kappa shape index (κ1) is 12.7. The van der Waals surface area contributed by atoms with Crippen LogP contribution in [0.4, 0.5) is 0 Å². The minimum atomic E-state index is -0.0928. The van der Waals surface area contributed by atoms with E-state index in [1.54, 1.807) is 18.1 Å². The average Bonchev–Trinajstić information content (AvgIpc) is 2.40. The zero-order valence-corrected chi connectivity index (χ0v) is 10.6. The molecule has 0 bridgehead atoms. The smallest absolute Gasteiger partial charge is 0.257 e. The number of ether oxygens (including phenoxy) is 2. The van der Waals surface area contributed by atoms with Crippen molar-refractivity contribution in [3.8, 4) is 11.5 Å². The molecule has 0 aliphatic carbocycles. The van der Waals surface area contributed by atoms with Gasteiger partial charge in [-0.15, -0.1) is 0 Å². The van der Waals surface area contributed by atoms with E-state index < -0.39 is 0 Å². The SMILES string of the molecule is COc1cc2c(c(OC)c1)C(=O)N(CCO)CC2. The molecule has 0 fully saturated rings. The van der Waals surface area contributed by atoms with Crippen molar-refractivity contribution >= 4 is 5.91 Å². The highest BCUT2D eigenvalue weighted by Gasteiger charge is 2.28. The van der Waals surface area contributed by atoms with Crippen LogP contribution in [0, 0.1) is 0 Å². The van der Waals surface area contributed by atoms with Crippen molar-refractivity contribution in [3.05, 3.63) is 23.3 Å². The summed E-state index contributed by atoms with van der Waals surface area (Å²) in [7, 11) is 3.12. The van der Waals surface area contributed by atoms with Gasteiger partial charge in [-0.05, 0) is 18.1 Å². The second-order valence-electron chi connectivity index (χ2n) is 4.13. The van der Waals surface area contributed by atoms with E-state index in [9.17, 15) is 4.79 Å². The fourth-order valence-corrected chi connectivity index (χ4v) is 2.21. The van der Waals surface area contributed by atoms with E-state index in [0.717, 1.165) is 12.0 Å². The Balaban J connectivity index is 2.43. The normalized spacial score (nSPS) is 14.4. The lowest BCUT2D eigenvalue weighted by atomic mass is 9.97. The first-order chi connectivity index (χ1) is 8.71. The first-order valence-electron chi connectivity index (χ1n) is 5.86. The molecule has 1 aliphatic rings. The molecule has 1 N–H and O–H groups in total. The molecule has 0 unspecified atom stereocenters. The fraction of sp³-hybridized carbons (Fsp3) is 0.462. The highest BCUT2D eigenvalue weighted by Crippen LogP contribution is 2.32. The largest absolute Gasteiger partial charge is 0.497 e. The molecule has 5 nitrogen and oxygen atoms in total. The van der Waals surface area contributed by atoms with Crippen molar-refractivity contribution in [1.29, 1.82) is 0 Å². The van der Waals surface area contributed by atoms with Crippen LogP contribution in [0.25, 0.3) is 0 Å². The molecule has 1 aromatic rings. The predicted octanol–water partition coefficient (Wildman–Crippen LogP) is 0.694. The third-order valence-electron chi connectivity index (χ3n) is 3.14. The minimum absolute atomic E-state index is 0.0282. The van der Waals surface area contributed by atoms with E-state index >= 15 is 0 Å². The van der Waals surface area contributed by atoms with Crippen LogP contribution in [0.15, 0.2) is 12.1 Å². The number of rotatable bonds is 4. The third-order valence-corrected chi connectivity index (χ3v) is 3.14. The zero-order valence-electron chi connectivity index (χ0n) is 10.6. The van der Waals surface area contributed by atoms with Crippen molar-refractivity contribution in [3.63, 3.8) is 0 Å². The van der Waals surface area contributed by atoms with E-state index in [-0.39, 0.29) is 12.5 Å². The minimum Gasteiger partial charge on any atom is -0.497 e. The van der Waals surface area contributed by atoms with Gasteiger partial charge in [-0.3, -0.25) is 4.79 Å². The van der Waals surface area contributed by atoms with E-state index in [4.69, 9.17) is 14.6 Å². The highest BCUT2D eigenvalue weighted by atomic mass is 16.5. The van der Waals surface area contributed by atoms with Crippen molar-refractivity contribution in [2.75, 3.05) is 33.9 Å². The Kier molecular flexibility index (Phi) is 3.72. The van der Waals surface area contributed by atoms with Gasteiger partial charge >= 0.3 is 0 Å². The summed E-state index contributed by atoms with van der Waals surface area (Å²) in [6.07, 6.45) is 0.745. The number of amides is 1. The number of carbonyl (C=O) groups excluding carboxylic acids is 1. The Morgan fingerprint density at radius 1 is 1.33 bits per heavy atom. The van der Waals surface area contributed by atoms with Gasteiger partial charge in [0, 0.05) is 19.2 Å². The van der Waals surface area contributed by atoms with Crippen molar-refractivity contribution in [2.24, 2.45) is 0 Å². The van der Waals surface area contributed by atoms with Crippen LogP contribution in [-0.4, -0.2) is 49.8 Å². The standard InChI is InChI=1S/C13H17NO4/c1-17-10-7-9-3-4-14(5-6-15)13(16)12(9)11(8-10)18-2/h7-8,15H,3-6H2,1-2H3. The first-order valence-corrected chi connectivity index (χ1v) is 5.86. The molecule has 1 amide bonds. The molecule has 1 aromatic carbocycles. The monoisotopic (exact) mass is 251 g/mol. The Morgan fingerprint density at radius 3 is 2.72 bits per heavy atom. The summed E-state index contributed by atoms with van der Waals surface area (Å²) in [5.74, 6) is 1.12. The fourth-order valence-electron chi connectivity index (χ4n) is 2.21. The van der Waals surface area contributed by atoms with Crippen LogP contribution >= 0.6 is 0 Å². The summed E-state index contributed by atoms with van der Waals surface area (Å²) < 4.78 is 10.4. The van der Waals surface area contributed by atoms with Crippen LogP contribution in [0.5, 0.6) is 11.5 Å². The van der Waals surface area contributed by atoms with Crippen LogP contribution in [0.2, 0.25) is 0 Å². The van der Waals surface area contributed by atoms with Gasteiger partial charge in [-0.2, -0.15) is 0 Å². The lowest BCUT2D eigenvalue weighted by Gasteiger charge is -2.29. The zero-order chi connectivity index (χ0) is 13.1. The summed E-state index contributed by atoms with van der Waals surface area (Å²) in [5.41, 5.74) is 1.52. The number of methoxy groups -OCH3 is 2. The summed E-state index contributed by atoms with van der Waals surface area (Å²) in [5, 5.41) is 8.95. The number of fused-ring (bicyclic) bond motifs is 1. The van der Waals surface area contributed by atoms with Gasteiger partial charge in [0.25, 0.3) is 5.91 Å². The molecule has 0 spiro atoms. The Bertz CT molecular complexity index is 441. The van der Waals surface area contributed by atoms with Crippen LogP contribution in [0.3, 0.4) is 0 Å². The number of β-amino-alcohol motifs (C(OH)–C–C–N with tert-alkyl or cyclic N) is 1. The molecule has 0 atom stereocenters. The maximum Gasteiger partial charge on any atom is 0.257 e. The van der Waals surface area contributed by atoms with E-state index in [1.165, 1.54) is 7.11 Å². The van der Waals surface area contributed by atoms with Crippen LogP contribution in [0.1, 0.15) is 15.9 Å². The molecule has 0 radical (unpaired) electrons. The summed E-state index contributed by atoms with van der Waals surface area (Å²) in [4.78, 5) is 13.9. The van der Waals surface area contributed by atoms with Gasteiger partial charge in [0.2, 0.25) is 0 Å². The molecule has 2 rings (SSSR count). The number of hydrogen-bond donors (Lipinski definition) is 1. The van der Waals surface area contributed by atoms with E-state index in [2.05, 4.69) is 0 Å². The second-order valence-corrected chi connectivity index (χ2v) is 4.13. The number of carbonyl (C=O) groups is 1. The maximum absolute atomic E-state index is 12.3. The van der Waals surface area contributed by atoms with Gasteiger partial charge < -0.3 is 19.5 Å². The average molecular weight is 251 g/mol. The predicted molar refractivity (Wildman–Crippen MR) is 66.2 cm³/mol. The van der Waals surface area contributed by atoms with Gasteiger partial charge in [-0.25, -0.2) is 0 Å². The molecular formula is C13H17NO4. The lowest BCUT2D eigenvalue weighted by Crippen LogP contribution is -2.39. The van der Waals surface area contributed by atoms with Crippen molar-refractivity contribution < 1.29 is 19.4 Å². The number of aliphatic hydroxyl groups excluding tert-OH is 1. The molecule has 0 saturated heterocycles. The molecule has 0 saturated carbocycles. The number of nitrogens with zero attached hydrogens (tertiary/aromatic N) is 1. The van der Waals surface area contributed by atoms with Crippen LogP contribution in [-0.2, 0) is 6.42 Å². The second kappa shape index (κ2) is 5.27. The van der Waals surface area contributed by atoms with Crippen LogP contribution < -0.4 is 9.47 Å². The molecule has 98 valence electrons. The summed E-state index contributed by atoms with van der Waals surface area (Å²) in [6.45, 7) is 0.940. The van der Waals surface area contributed by atoms with Gasteiger partial charge in [0.05, 0.1) is 26.4 Å².